The summed E-state index contributed by atoms with van der Waals surface area (Å²) in [5.41, 5.74) is 1.24. The molecule has 0 spiro atoms. The van der Waals surface area contributed by atoms with Gasteiger partial charge in [-0.2, -0.15) is 0 Å². The van der Waals surface area contributed by atoms with E-state index >= 15 is 0 Å². The quantitative estimate of drug-likeness (QED) is 0.602. The molecule has 0 aliphatic heterocycles. The summed E-state index contributed by atoms with van der Waals surface area (Å²) in [6.07, 6.45) is 0. The molecule has 18 heavy (non-hydrogen) atoms. The molecule has 1 N–H and O–H groups in total. The van der Waals surface area contributed by atoms with Crippen LogP contribution in [0.1, 0.15) is 23.4 Å². The molecule has 0 saturated heterocycles. The topological polar surface area (TPSA) is 12.0 Å². The van der Waals surface area contributed by atoms with Gasteiger partial charge in [-0.05, 0) is 81.0 Å². The standard InChI is InChI=1S/C13H12BrClINS/c1-2-17-13(11-5-6-12(14)18-11)9-7-8(15)3-4-10(9)16/h3-7,13,17H,2H2,1H3. The Balaban J connectivity index is 2.44. The molecule has 0 fully saturated rings. The smallest absolute Gasteiger partial charge is 0.0702 e. The Morgan fingerprint density at radius 2 is 2.17 bits per heavy atom. The molecule has 0 bridgehead atoms. The lowest BCUT2D eigenvalue weighted by Crippen LogP contribution is -2.21. The monoisotopic (exact) mass is 455 g/mol. The van der Waals surface area contributed by atoms with Crippen LogP contribution in [0.15, 0.2) is 34.1 Å². The highest BCUT2D eigenvalue weighted by Gasteiger charge is 2.17. The summed E-state index contributed by atoms with van der Waals surface area (Å²) in [4.78, 5) is 1.30. The van der Waals surface area contributed by atoms with Gasteiger partial charge in [0.25, 0.3) is 0 Å². The van der Waals surface area contributed by atoms with Gasteiger partial charge in [0.1, 0.15) is 0 Å². The predicted octanol–water partition coefficient (Wildman–Crippen LogP) is 5.47. The number of hydrogen-bond acceptors (Lipinski definition) is 2. The lowest BCUT2D eigenvalue weighted by Gasteiger charge is -2.18. The molecule has 0 amide bonds. The molecule has 0 saturated carbocycles. The van der Waals surface area contributed by atoms with Crippen LogP contribution in [-0.2, 0) is 0 Å². The van der Waals surface area contributed by atoms with Gasteiger partial charge >= 0.3 is 0 Å². The van der Waals surface area contributed by atoms with E-state index in [1.165, 1.54) is 14.0 Å². The third-order valence-electron chi connectivity index (χ3n) is 2.56. The fraction of sp³-hybridized carbons (Fsp3) is 0.231. The van der Waals surface area contributed by atoms with E-state index in [0.717, 1.165) is 15.4 Å². The van der Waals surface area contributed by atoms with Gasteiger partial charge in [-0.25, -0.2) is 0 Å². The summed E-state index contributed by atoms with van der Waals surface area (Å²) in [7, 11) is 0. The zero-order valence-electron chi connectivity index (χ0n) is 9.71. The van der Waals surface area contributed by atoms with E-state index in [-0.39, 0.29) is 6.04 Å². The van der Waals surface area contributed by atoms with Crippen LogP contribution in [0.25, 0.3) is 0 Å². The number of nitrogens with one attached hydrogen (secondary N) is 1. The van der Waals surface area contributed by atoms with Crippen molar-refractivity contribution in [2.75, 3.05) is 6.54 Å². The van der Waals surface area contributed by atoms with Gasteiger partial charge in [0.15, 0.2) is 0 Å². The van der Waals surface area contributed by atoms with Crippen molar-refractivity contribution in [2.45, 2.75) is 13.0 Å². The van der Waals surface area contributed by atoms with Crippen LogP contribution in [0.3, 0.4) is 0 Å². The highest BCUT2D eigenvalue weighted by Crippen LogP contribution is 2.34. The normalized spacial score (nSPS) is 12.7. The van der Waals surface area contributed by atoms with Crippen LogP contribution < -0.4 is 5.32 Å². The second-order valence-corrected chi connectivity index (χ2v) is 7.89. The molecule has 5 heteroatoms. The Bertz CT molecular complexity index is 544. The van der Waals surface area contributed by atoms with Crippen LogP contribution in [-0.4, -0.2) is 6.54 Å². The number of halogens is 3. The van der Waals surface area contributed by atoms with Crippen molar-refractivity contribution in [1.82, 2.24) is 5.32 Å². The molecule has 2 rings (SSSR count). The summed E-state index contributed by atoms with van der Waals surface area (Å²) in [5.74, 6) is 0. The van der Waals surface area contributed by atoms with E-state index < -0.39 is 0 Å². The first-order valence-corrected chi connectivity index (χ1v) is 8.62. The lowest BCUT2D eigenvalue weighted by molar-refractivity contribution is 0.637. The fourth-order valence-corrected chi connectivity index (χ4v) is 4.13. The Morgan fingerprint density at radius 3 is 2.78 bits per heavy atom. The highest BCUT2D eigenvalue weighted by molar-refractivity contribution is 14.1. The molecular weight excluding hydrogens is 444 g/mol. The van der Waals surface area contributed by atoms with Crippen molar-refractivity contribution in [1.29, 1.82) is 0 Å². The molecule has 1 unspecified atom stereocenters. The maximum Gasteiger partial charge on any atom is 0.0702 e. The number of hydrogen-bond donors (Lipinski definition) is 1. The SMILES string of the molecule is CCNC(c1ccc(Br)s1)c1cc(Cl)ccc1I. The van der Waals surface area contributed by atoms with E-state index in [0.29, 0.717) is 0 Å². The summed E-state index contributed by atoms with van der Waals surface area (Å²) < 4.78 is 2.38. The van der Waals surface area contributed by atoms with Crippen LogP contribution in [0, 0.1) is 3.57 Å². The average Bonchev–Trinajstić information content (AvgIpc) is 2.76. The molecule has 1 nitrogen and oxygen atoms in total. The summed E-state index contributed by atoms with van der Waals surface area (Å²) in [6.45, 7) is 3.04. The molecule has 1 heterocycles. The molecule has 2 aromatic rings. The Morgan fingerprint density at radius 1 is 1.39 bits per heavy atom. The first kappa shape index (κ1) is 14.8. The maximum atomic E-state index is 6.12. The minimum absolute atomic E-state index is 0.205. The van der Waals surface area contributed by atoms with Crippen molar-refractivity contribution in [2.24, 2.45) is 0 Å². The van der Waals surface area contributed by atoms with E-state index in [9.17, 15) is 0 Å². The molecular formula is C13H12BrClINS. The van der Waals surface area contributed by atoms with Crippen molar-refractivity contribution >= 4 is 61.5 Å². The van der Waals surface area contributed by atoms with Crippen LogP contribution in [0.2, 0.25) is 5.02 Å². The Labute approximate surface area is 138 Å². The molecule has 96 valence electrons. The van der Waals surface area contributed by atoms with Gasteiger partial charge in [0, 0.05) is 13.5 Å². The molecule has 0 aliphatic carbocycles. The molecule has 1 atom stereocenters. The van der Waals surface area contributed by atoms with Gasteiger partial charge in [0.05, 0.1) is 9.83 Å². The first-order valence-electron chi connectivity index (χ1n) is 5.55. The van der Waals surface area contributed by atoms with Gasteiger partial charge in [-0.15, -0.1) is 11.3 Å². The first-order chi connectivity index (χ1) is 8.61. The summed E-state index contributed by atoms with van der Waals surface area (Å²) in [6, 6.07) is 10.5. The number of rotatable bonds is 4. The maximum absolute atomic E-state index is 6.12. The lowest BCUT2D eigenvalue weighted by atomic mass is 10.1. The van der Waals surface area contributed by atoms with Gasteiger partial charge < -0.3 is 5.32 Å². The minimum Gasteiger partial charge on any atom is -0.306 e. The van der Waals surface area contributed by atoms with E-state index in [4.69, 9.17) is 11.6 Å². The van der Waals surface area contributed by atoms with Crippen molar-refractivity contribution in [3.8, 4) is 0 Å². The van der Waals surface area contributed by atoms with Crippen molar-refractivity contribution in [3.63, 3.8) is 0 Å². The zero-order valence-corrected chi connectivity index (χ0v) is 15.0. The largest absolute Gasteiger partial charge is 0.306 e. The molecule has 0 aliphatic rings. The highest BCUT2D eigenvalue weighted by atomic mass is 127. The fourth-order valence-electron chi connectivity index (χ4n) is 1.79. The van der Waals surface area contributed by atoms with Crippen LogP contribution >= 0.6 is 61.5 Å². The number of thiophene rings is 1. The molecule has 1 aromatic carbocycles. The molecule has 0 radical (unpaired) electrons. The van der Waals surface area contributed by atoms with Crippen LogP contribution in [0.5, 0.6) is 0 Å². The Kier molecular flexibility index (Phi) is 5.50. The summed E-state index contributed by atoms with van der Waals surface area (Å²) in [5, 5.41) is 4.30. The minimum atomic E-state index is 0.205. The van der Waals surface area contributed by atoms with Crippen molar-refractivity contribution in [3.05, 3.63) is 53.2 Å². The number of benzene rings is 1. The van der Waals surface area contributed by atoms with Crippen LogP contribution in [0.4, 0.5) is 0 Å². The molecule has 1 aromatic heterocycles. The zero-order chi connectivity index (χ0) is 13.1. The van der Waals surface area contributed by atoms with Gasteiger partial charge in [-0.1, -0.05) is 18.5 Å². The second-order valence-electron chi connectivity index (χ2n) is 3.80. The van der Waals surface area contributed by atoms with Gasteiger partial charge in [0.2, 0.25) is 0 Å². The Hall–Kier alpha value is 0.380. The third kappa shape index (κ3) is 3.48. The van der Waals surface area contributed by atoms with Gasteiger partial charge in [-0.3, -0.25) is 0 Å². The average molecular weight is 457 g/mol. The van der Waals surface area contributed by atoms with E-state index in [1.807, 2.05) is 12.1 Å². The van der Waals surface area contributed by atoms with E-state index in [2.05, 4.69) is 69.0 Å². The van der Waals surface area contributed by atoms with E-state index in [1.54, 1.807) is 11.3 Å². The summed E-state index contributed by atoms with van der Waals surface area (Å²) >= 11 is 13.7. The predicted molar refractivity (Wildman–Crippen MR) is 91.7 cm³/mol. The van der Waals surface area contributed by atoms with Crippen molar-refractivity contribution < 1.29 is 0 Å². The second kappa shape index (κ2) is 6.70. The third-order valence-corrected chi connectivity index (χ3v) is 5.46.